The molecule has 0 spiro atoms. The summed E-state index contributed by atoms with van der Waals surface area (Å²) in [5.74, 6) is 0. The van der Waals surface area contributed by atoms with Crippen molar-refractivity contribution in [1.82, 2.24) is 4.90 Å². The van der Waals surface area contributed by atoms with Crippen LogP contribution in [0, 0.1) is 0 Å². The topological polar surface area (TPSA) is 18.5 Å². The van der Waals surface area contributed by atoms with Crippen LogP contribution in [-0.4, -0.2) is 45.2 Å². The number of anilines is 2. The third-order valence-electron chi connectivity index (χ3n) is 4.27. The summed E-state index contributed by atoms with van der Waals surface area (Å²) in [5, 5.41) is 3.35. The summed E-state index contributed by atoms with van der Waals surface area (Å²) in [7, 11) is 6.40. The predicted octanol–water partition coefficient (Wildman–Crippen LogP) is 2.82. The first kappa shape index (κ1) is 14.2. The van der Waals surface area contributed by atoms with Gasteiger partial charge in [-0.1, -0.05) is 13.0 Å². The minimum atomic E-state index is 0.740. The highest BCUT2D eigenvalue weighted by Gasteiger charge is 2.22. The molecule has 0 saturated carbocycles. The Kier molecular flexibility index (Phi) is 4.70. The first-order valence-corrected chi connectivity index (χ1v) is 7.37. The molecule has 1 aromatic carbocycles. The second kappa shape index (κ2) is 6.29. The second-order valence-electron chi connectivity index (χ2n) is 5.64. The van der Waals surface area contributed by atoms with Gasteiger partial charge in [-0.2, -0.15) is 0 Å². The summed E-state index contributed by atoms with van der Waals surface area (Å²) in [6, 6.07) is 7.56. The van der Waals surface area contributed by atoms with Crippen molar-refractivity contribution < 1.29 is 0 Å². The fourth-order valence-corrected chi connectivity index (χ4v) is 2.90. The van der Waals surface area contributed by atoms with Crippen molar-refractivity contribution in [2.75, 3.05) is 44.4 Å². The van der Waals surface area contributed by atoms with Crippen LogP contribution in [-0.2, 0) is 6.42 Å². The summed E-state index contributed by atoms with van der Waals surface area (Å²) < 4.78 is 0. The Labute approximate surface area is 117 Å². The zero-order valence-electron chi connectivity index (χ0n) is 12.7. The van der Waals surface area contributed by atoms with Crippen LogP contribution in [0.15, 0.2) is 18.2 Å². The van der Waals surface area contributed by atoms with E-state index in [0.29, 0.717) is 0 Å². The molecule has 1 N–H and O–H groups in total. The van der Waals surface area contributed by atoms with Gasteiger partial charge in [0.15, 0.2) is 0 Å². The van der Waals surface area contributed by atoms with E-state index in [2.05, 4.69) is 54.3 Å². The van der Waals surface area contributed by atoms with Crippen molar-refractivity contribution in [3.8, 4) is 0 Å². The highest BCUT2D eigenvalue weighted by Crippen LogP contribution is 2.30. The molecule has 0 aliphatic carbocycles. The van der Waals surface area contributed by atoms with Crippen LogP contribution < -0.4 is 10.2 Å². The van der Waals surface area contributed by atoms with Gasteiger partial charge in [-0.25, -0.2) is 0 Å². The Morgan fingerprint density at radius 3 is 2.47 bits per heavy atom. The van der Waals surface area contributed by atoms with Gasteiger partial charge >= 0.3 is 0 Å². The monoisotopic (exact) mass is 261 g/mol. The maximum atomic E-state index is 3.35. The fraction of sp³-hybridized carbons (Fsp3) is 0.625. The van der Waals surface area contributed by atoms with Crippen molar-refractivity contribution in [2.45, 2.75) is 32.2 Å². The highest BCUT2D eigenvalue weighted by atomic mass is 15.2. The van der Waals surface area contributed by atoms with E-state index >= 15 is 0 Å². The van der Waals surface area contributed by atoms with Crippen LogP contribution >= 0.6 is 0 Å². The summed E-state index contributed by atoms with van der Waals surface area (Å²) >= 11 is 0. The van der Waals surface area contributed by atoms with Gasteiger partial charge in [-0.3, -0.25) is 0 Å². The molecule has 1 saturated heterocycles. The van der Waals surface area contributed by atoms with E-state index in [0.717, 1.165) is 25.6 Å². The van der Waals surface area contributed by atoms with Gasteiger partial charge in [0.1, 0.15) is 0 Å². The van der Waals surface area contributed by atoms with Gasteiger partial charge in [0.25, 0.3) is 0 Å². The molecular formula is C16H27N3. The normalized spacial score (nSPS) is 17.0. The zero-order valence-corrected chi connectivity index (χ0v) is 12.7. The van der Waals surface area contributed by atoms with Crippen LogP contribution in [0.2, 0.25) is 0 Å². The lowest BCUT2D eigenvalue weighted by Gasteiger charge is -2.37. The predicted molar refractivity (Wildman–Crippen MR) is 84.3 cm³/mol. The van der Waals surface area contributed by atoms with Crippen LogP contribution in [0.25, 0.3) is 0 Å². The molecule has 1 heterocycles. The molecular weight excluding hydrogens is 234 g/mol. The third-order valence-corrected chi connectivity index (χ3v) is 4.27. The fourth-order valence-electron chi connectivity index (χ4n) is 2.90. The van der Waals surface area contributed by atoms with E-state index in [1.165, 1.54) is 29.8 Å². The van der Waals surface area contributed by atoms with Crippen molar-refractivity contribution in [1.29, 1.82) is 0 Å². The van der Waals surface area contributed by atoms with E-state index in [1.807, 2.05) is 7.05 Å². The Balaban J connectivity index is 2.10. The van der Waals surface area contributed by atoms with Crippen molar-refractivity contribution in [2.24, 2.45) is 0 Å². The molecule has 0 atom stereocenters. The zero-order chi connectivity index (χ0) is 13.8. The van der Waals surface area contributed by atoms with Crippen molar-refractivity contribution >= 4 is 11.4 Å². The van der Waals surface area contributed by atoms with Crippen LogP contribution in [0.3, 0.4) is 0 Å². The molecule has 3 nitrogen and oxygen atoms in total. The lowest BCUT2D eigenvalue weighted by atomic mass is 10.0. The summed E-state index contributed by atoms with van der Waals surface area (Å²) in [5.41, 5.74) is 4.02. The van der Waals surface area contributed by atoms with Crippen molar-refractivity contribution in [3.05, 3.63) is 23.8 Å². The lowest BCUT2D eigenvalue weighted by Crippen LogP contribution is -2.42. The SMILES string of the molecule is CCc1ccc(N2CCC(N(C)C)CC2)c(NC)c1. The number of rotatable bonds is 4. The maximum Gasteiger partial charge on any atom is 0.0602 e. The minimum absolute atomic E-state index is 0.740. The van der Waals surface area contributed by atoms with Gasteiger partial charge in [0.05, 0.1) is 11.4 Å². The number of nitrogens with one attached hydrogen (secondary N) is 1. The molecule has 2 rings (SSSR count). The van der Waals surface area contributed by atoms with Crippen molar-refractivity contribution in [3.63, 3.8) is 0 Å². The van der Waals surface area contributed by atoms with Gasteiger partial charge in [-0.05, 0) is 51.1 Å². The molecule has 0 amide bonds. The molecule has 3 heteroatoms. The van der Waals surface area contributed by atoms with Crippen LogP contribution in [0.1, 0.15) is 25.3 Å². The third kappa shape index (κ3) is 3.21. The van der Waals surface area contributed by atoms with E-state index < -0.39 is 0 Å². The number of hydrogen-bond acceptors (Lipinski definition) is 3. The summed E-state index contributed by atoms with van der Waals surface area (Å²) in [6.45, 7) is 4.52. The van der Waals surface area contributed by atoms with Gasteiger partial charge in [0.2, 0.25) is 0 Å². The Morgan fingerprint density at radius 1 is 1.26 bits per heavy atom. The molecule has 1 fully saturated rings. The average Bonchev–Trinajstić information content (AvgIpc) is 2.46. The smallest absolute Gasteiger partial charge is 0.0602 e. The average molecular weight is 261 g/mol. The number of nitrogens with zero attached hydrogens (tertiary/aromatic N) is 2. The first-order valence-electron chi connectivity index (χ1n) is 7.37. The number of hydrogen-bond donors (Lipinski definition) is 1. The number of benzene rings is 1. The first-order chi connectivity index (χ1) is 9.15. The van der Waals surface area contributed by atoms with Crippen LogP contribution in [0.4, 0.5) is 11.4 Å². The lowest BCUT2D eigenvalue weighted by molar-refractivity contribution is 0.250. The molecule has 1 aromatic rings. The Morgan fingerprint density at radius 2 is 1.95 bits per heavy atom. The quantitative estimate of drug-likeness (QED) is 0.899. The molecule has 19 heavy (non-hydrogen) atoms. The molecule has 0 aromatic heterocycles. The Bertz CT molecular complexity index is 406. The molecule has 1 aliphatic heterocycles. The number of piperidine rings is 1. The van der Waals surface area contributed by atoms with Gasteiger partial charge in [-0.15, -0.1) is 0 Å². The minimum Gasteiger partial charge on any atom is -0.386 e. The molecule has 1 aliphatic rings. The van der Waals surface area contributed by atoms with E-state index in [9.17, 15) is 0 Å². The van der Waals surface area contributed by atoms with Gasteiger partial charge in [0, 0.05) is 26.2 Å². The molecule has 0 unspecified atom stereocenters. The molecule has 0 bridgehead atoms. The van der Waals surface area contributed by atoms with E-state index in [1.54, 1.807) is 0 Å². The van der Waals surface area contributed by atoms with Crippen LogP contribution in [0.5, 0.6) is 0 Å². The highest BCUT2D eigenvalue weighted by molar-refractivity contribution is 5.71. The maximum absolute atomic E-state index is 3.35. The Hall–Kier alpha value is -1.22. The number of aryl methyl sites for hydroxylation is 1. The molecule has 106 valence electrons. The van der Waals surface area contributed by atoms with E-state index in [4.69, 9.17) is 0 Å². The second-order valence-corrected chi connectivity index (χ2v) is 5.64. The largest absolute Gasteiger partial charge is 0.386 e. The summed E-state index contributed by atoms with van der Waals surface area (Å²) in [6.07, 6.45) is 3.61. The summed E-state index contributed by atoms with van der Waals surface area (Å²) in [4.78, 5) is 4.88. The molecule has 0 radical (unpaired) electrons. The standard InChI is InChI=1S/C16H27N3/c1-5-13-6-7-16(15(12-13)17-2)19-10-8-14(9-11-19)18(3)4/h6-7,12,14,17H,5,8-11H2,1-4H3. The van der Waals surface area contributed by atoms with Gasteiger partial charge < -0.3 is 15.1 Å². The van der Waals surface area contributed by atoms with E-state index in [-0.39, 0.29) is 0 Å².